The number of aryl methyl sites for hydroxylation is 10. The molecule has 0 unspecified atom stereocenters. The van der Waals surface area contributed by atoms with Gasteiger partial charge in [-0.15, -0.1) is 0 Å². The highest BCUT2D eigenvalue weighted by molar-refractivity contribution is 7.86. The molecule has 13 rings (SSSR count). The molecule has 4 aliphatic carbocycles. The minimum Gasteiger partial charge on any atom is -0.489 e. The highest BCUT2D eigenvalue weighted by Crippen LogP contribution is 2.44. The Labute approximate surface area is 549 Å². The average Bonchev–Trinajstić information content (AvgIpc) is 1.75. The number of hydrogen-bond donors (Lipinski definition) is 0. The van der Waals surface area contributed by atoms with Crippen LogP contribution in [0.3, 0.4) is 0 Å². The van der Waals surface area contributed by atoms with Crippen molar-refractivity contribution in [3.05, 3.63) is 257 Å². The van der Waals surface area contributed by atoms with Crippen molar-refractivity contribution >= 4 is 33.0 Å². The number of ketones is 3. The molecule has 0 atom stereocenters. The van der Waals surface area contributed by atoms with Gasteiger partial charge >= 0.3 is 10.1 Å². The molecule has 1 heterocycles. The minimum absolute atomic E-state index is 0.0469. The van der Waals surface area contributed by atoms with Gasteiger partial charge in [0.1, 0.15) is 55.2 Å². The largest absolute Gasteiger partial charge is 0.489 e. The zero-order chi connectivity index (χ0) is 65.8. The van der Waals surface area contributed by atoms with Gasteiger partial charge in [0.05, 0.1) is 19.5 Å². The molecular formula is C80H86O12S. The van der Waals surface area contributed by atoms with Crippen LogP contribution in [-0.4, -0.2) is 45.2 Å². The van der Waals surface area contributed by atoms with Crippen LogP contribution in [0.4, 0.5) is 0 Å². The number of benzene rings is 8. The first-order valence-corrected chi connectivity index (χ1v) is 34.2. The highest BCUT2D eigenvalue weighted by atomic mass is 32.2. The predicted octanol–water partition coefficient (Wildman–Crippen LogP) is 17.4. The molecule has 1 aliphatic heterocycles. The highest BCUT2D eigenvalue weighted by Gasteiger charge is 2.42. The third kappa shape index (κ3) is 17.8. The van der Waals surface area contributed by atoms with Crippen molar-refractivity contribution in [2.24, 2.45) is 0 Å². The molecule has 1 saturated heterocycles. The van der Waals surface area contributed by atoms with Crippen LogP contribution in [0.15, 0.2) is 152 Å². The summed E-state index contributed by atoms with van der Waals surface area (Å²) in [7, 11) is -3.57. The van der Waals surface area contributed by atoms with Gasteiger partial charge in [0.25, 0.3) is 0 Å². The summed E-state index contributed by atoms with van der Waals surface area (Å²) in [4.78, 5) is 35.5. The fourth-order valence-corrected chi connectivity index (χ4v) is 12.9. The third-order valence-corrected chi connectivity index (χ3v) is 18.4. The second kappa shape index (κ2) is 30.4. The summed E-state index contributed by atoms with van der Waals surface area (Å²) in [5, 5.41) is 0. The van der Waals surface area contributed by atoms with Gasteiger partial charge in [-0.25, -0.2) is 0 Å². The lowest BCUT2D eigenvalue weighted by molar-refractivity contribution is -0.175. The first-order chi connectivity index (χ1) is 44.6. The van der Waals surface area contributed by atoms with Crippen molar-refractivity contribution < 1.29 is 55.4 Å². The van der Waals surface area contributed by atoms with E-state index in [4.69, 9.17) is 32.6 Å². The van der Waals surface area contributed by atoms with Gasteiger partial charge in [-0.1, -0.05) is 96.1 Å². The molecule has 0 N–H and O–H groups in total. The summed E-state index contributed by atoms with van der Waals surface area (Å²) in [6.07, 6.45) is 13.7. The van der Waals surface area contributed by atoms with Crippen LogP contribution in [0.1, 0.15) is 179 Å². The Bertz CT molecular complexity index is 4210. The molecule has 8 aromatic rings. The Morgan fingerprint density at radius 3 is 1.38 bits per heavy atom. The number of fused-ring (bicyclic) bond motifs is 5. The van der Waals surface area contributed by atoms with E-state index in [1.54, 1.807) is 31.2 Å². The van der Waals surface area contributed by atoms with Gasteiger partial charge in [0.15, 0.2) is 23.1 Å². The van der Waals surface area contributed by atoms with Gasteiger partial charge in [0.2, 0.25) is 0 Å². The van der Waals surface area contributed by atoms with Crippen LogP contribution >= 0.6 is 0 Å². The fourth-order valence-electron chi connectivity index (χ4n) is 12.4. The van der Waals surface area contributed by atoms with E-state index < -0.39 is 15.9 Å². The number of Topliss-reactive ketones (excluding diaryl/α,β-unsaturated/α-hetero) is 3. The van der Waals surface area contributed by atoms with Gasteiger partial charge < -0.3 is 32.6 Å². The standard InChI is InChI=1S/C21H24O3.C20H20O3.C20H22O.C19H20O5S/c1-15-5-6-16(2)18(12-15)14-22-19-8-7-17-4-3-9-21(20(17)13-19)23-10-11-24-21;1-13-6-7-16(14(2)21)10-17(13)12-23-18-9-8-15-4-3-5-20(22)19(15)11-18;1-14-7-8-15(2)18(11-14)13-21-19-10-9-17-6-4-5-16(3)20(17)12-19;1-13-6-8-17(24-25(2,21)22)10-15(13)12-23-16-9-7-14-4-3-5-19(20)18(14)11-16/h5-8,12-13H,3-4,9-11,14H2,1-2H3;6-11H,3-5,12H2,1-2H3;5,7-12H,4,6,13H2,1-3H3;6-11H,3-5,12H2,1-2H3. The quantitative estimate of drug-likeness (QED) is 0.0710. The molecule has 12 nitrogen and oxygen atoms in total. The monoisotopic (exact) mass is 1270 g/mol. The van der Waals surface area contributed by atoms with Crippen LogP contribution in [-0.2, 0) is 77.5 Å². The molecule has 0 aromatic heterocycles. The lowest BCUT2D eigenvalue weighted by Crippen LogP contribution is -2.31. The summed E-state index contributed by atoms with van der Waals surface area (Å²) >= 11 is 0. The summed E-state index contributed by atoms with van der Waals surface area (Å²) in [5.41, 5.74) is 22.5. The summed E-state index contributed by atoms with van der Waals surface area (Å²) in [6, 6.07) is 47.9. The molecule has 0 amide bonds. The average molecular weight is 1270 g/mol. The second-order valence-corrected chi connectivity index (χ2v) is 26.7. The lowest BCUT2D eigenvalue weighted by Gasteiger charge is -2.34. The molecule has 0 saturated carbocycles. The molecular weight excluding hydrogens is 1180 g/mol. The van der Waals surface area contributed by atoms with Crippen molar-refractivity contribution in [3.8, 4) is 28.7 Å². The lowest BCUT2D eigenvalue weighted by atomic mass is 9.86. The van der Waals surface area contributed by atoms with Crippen molar-refractivity contribution in [1.29, 1.82) is 0 Å². The van der Waals surface area contributed by atoms with E-state index in [0.717, 1.165) is 126 Å². The minimum atomic E-state index is -3.57. The molecule has 484 valence electrons. The number of allylic oxidation sites excluding steroid dienone is 2. The van der Waals surface area contributed by atoms with Gasteiger partial charge in [-0.05, 0) is 251 Å². The van der Waals surface area contributed by atoms with E-state index in [-0.39, 0.29) is 29.7 Å². The Hall–Kier alpha value is -8.62. The Morgan fingerprint density at radius 2 is 0.871 bits per heavy atom. The fraction of sp³-hybridized carbons (Fsp3) is 0.338. The SMILES string of the molecule is CC(=O)c1ccc(C)c(COc2ccc3c(c2)C(=O)CCC3)c1.CC1=CCCc2ccc(OCc3cc(C)ccc3C)cc21.Cc1ccc(C)c(COc2ccc3c(c2)C2(CCC3)OCCO2)c1.Cc1ccc(OS(C)(=O)=O)cc1COc1ccc2c(c1)C(=O)CCC2. The number of carbonyl (C=O) groups is 3. The maximum Gasteiger partial charge on any atom is 0.306 e. The van der Waals surface area contributed by atoms with Gasteiger partial charge in [-0.2, -0.15) is 8.42 Å². The van der Waals surface area contributed by atoms with Gasteiger partial charge in [-0.3, -0.25) is 14.4 Å². The normalized spacial score (nSPS) is 15.0. The smallest absolute Gasteiger partial charge is 0.306 e. The Balaban J connectivity index is 0.000000136. The van der Waals surface area contributed by atoms with E-state index >= 15 is 0 Å². The van der Waals surface area contributed by atoms with E-state index in [1.165, 1.54) is 55.6 Å². The third-order valence-electron chi connectivity index (χ3n) is 17.9. The van der Waals surface area contributed by atoms with E-state index in [1.807, 2.05) is 62.4 Å². The zero-order valence-corrected chi connectivity index (χ0v) is 56.1. The van der Waals surface area contributed by atoms with Crippen LogP contribution in [0.2, 0.25) is 0 Å². The summed E-state index contributed by atoms with van der Waals surface area (Å²) in [6.45, 7) is 19.4. The van der Waals surface area contributed by atoms with Crippen LogP contribution in [0.25, 0.3) is 5.57 Å². The molecule has 5 aliphatic rings. The maximum absolute atomic E-state index is 12.0. The predicted molar refractivity (Wildman–Crippen MR) is 366 cm³/mol. The topological polar surface area (TPSA) is 150 Å². The van der Waals surface area contributed by atoms with Crippen molar-refractivity contribution in [2.75, 3.05) is 19.5 Å². The Morgan fingerprint density at radius 1 is 0.452 bits per heavy atom. The molecule has 13 heteroatoms. The molecule has 0 bridgehead atoms. The molecule has 0 radical (unpaired) electrons. The van der Waals surface area contributed by atoms with E-state index in [2.05, 4.69) is 113 Å². The molecule has 1 fully saturated rings. The summed E-state index contributed by atoms with van der Waals surface area (Å²) < 4.78 is 63.2. The molecule has 93 heavy (non-hydrogen) atoms. The van der Waals surface area contributed by atoms with Crippen molar-refractivity contribution in [1.82, 2.24) is 0 Å². The number of rotatable bonds is 15. The van der Waals surface area contributed by atoms with Crippen LogP contribution < -0.4 is 23.1 Å². The van der Waals surface area contributed by atoms with Gasteiger partial charge in [0, 0.05) is 41.5 Å². The number of hydrogen-bond acceptors (Lipinski definition) is 12. The van der Waals surface area contributed by atoms with Crippen LogP contribution in [0.5, 0.6) is 28.7 Å². The summed E-state index contributed by atoms with van der Waals surface area (Å²) in [5.74, 6) is 3.30. The maximum atomic E-state index is 12.0. The number of carbonyl (C=O) groups excluding carboxylic acids is 3. The van der Waals surface area contributed by atoms with Crippen LogP contribution in [0, 0.1) is 41.5 Å². The van der Waals surface area contributed by atoms with E-state index in [9.17, 15) is 22.8 Å². The Kier molecular flexibility index (Phi) is 22.0. The first kappa shape index (κ1) is 67.3. The first-order valence-electron chi connectivity index (χ1n) is 32.4. The van der Waals surface area contributed by atoms with E-state index in [0.29, 0.717) is 62.9 Å². The van der Waals surface area contributed by atoms with Crippen molar-refractivity contribution in [2.45, 2.75) is 158 Å². The number of ether oxygens (including phenoxy) is 6. The molecule has 8 aromatic carbocycles. The zero-order valence-electron chi connectivity index (χ0n) is 55.3. The van der Waals surface area contributed by atoms with Crippen molar-refractivity contribution in [3.63, 3.8) is 0 Å². The molecule has 1 spiro atoms. The second-order valence-electron chi connectivity index (χ2n) is 25.1.